The molecule has 112 valence electrons. The first kappa shape index (κ1) is 14.9. The largest absolute Gasteiger partial charge is 0.394 e. The van der Waals surface area contributed by atoms with Crippen LogP contribution in [0, 0.1) is 0 Å². The van der Waals surface area contributed by atoms with Gasteiger partial charge in [0.25, 0.3) is 5.56 Å². The van der Waals surface area contributed by atoms with E-state index in [9.17, 15) is 19.8 Å². The molecule has 1 aromatic heterocycles. The second-order valence-electron chi connectivity index (χ2n) is 4.72. The van der Waals surface area contributed by atoms with E-state index in [1.54, 1.807) is 0 Å². The number of aliphatic hydroxyl groups is 3. The highest BCUT2D eigenvalue weighted by Crippen LogP contribution is 2.27. The number of hydrogen-bond acceptors (Lipinski definition) is 6. The van der Waals surface area contributed by atoms with Crippen LogP contribution < -0.4 is 11.2 Å². The van der Waals surface area contributed by atoms with Gasteiger partial charge in [0.15, 0.2) is 6.23 Å². The van der Waals surface area contributed by atoms with Gasteiger partial charge in [0, 0.05) is 18.8 Å². The predicted molar refractivity (Wildman–Crippen MR) is 68.3 cm³/mol. The third kappa shape index (κ3) is 2.42. The van der Waals surface area contributed by atoms with Crippen molar-refractivity contribution in [2.24, 2.45) is 0 Å². The van der Waals surface area contributed by atoms with Crippen molar-refractivity contribution in [1.29, 1.82) is 0 Å². The highest BCUT2D eigenvalue weighted by Gasteiger charge is 2.43. The van der Waals surface area contributed by atoms with Crippen LogP contribution in [0.3, 0.4) is 0 Å². The van der Waals surface area contributed by atoms with Gasteiger partial charge in [-0.25, -0.2) is 4.79 Å². The Morgan fingerprint density at radius 1 is 1.30 bits per heavy atom. The number of aliphatic hydroxyl groups excluding tert-OH is 3. The van der Waals surface area contributed by atoms with E-state index in [1.165, 1.54) is 12.3 Å². The van der Waals surface area contributed by atoms with Gasteiger partial charge in [-0.15, -0.1) is 0 Å². The summed E-state index contributed by atoms with van der Waals surface area (Å²) in [6.45, 7) is 1.61. The minimum Gasteiger partial charge on any atom is -0.394 e. The molecule has 20 heavy (non-hydrogen) atoms. The molecule has 0 amide bonds. The third-order valence-corrected chi connectivity index (χ3v) is 3.33. The normalized spacial score (nSPS) is 29.8. The summed E-state index contributed by atoms with van der Waals surface area (Å²) >= 11 is 0. The van der Waals surface area contributed by atoms with E-state index in [-0.39, 0.29) is 6.54 Å². The Morgan fingerprint density at radius 3 is 2.55 bits per heavy atom. The lowest BCUT2D eigenvalue weighted by Crippen LogP contribution is -2.43. The maximum Gasteiger partial charge on any atom is 0.333 e. The maximum atomic E-state index is 12.2. The van der Waals surface area contributed by atoms with E-state index in [0.717, 1.165) is 9.13 Å². The van der Waals surface area contributed by atoms with Crippen molar-refractivity contribution in [3.63, 3.8) is 0 Å². The summed E-state index contributed by atoms with van der Waals surface area (Å²) in [7, 11) is 0. The number of rotatable bonds is 4. The molecular formula is C12H18N2O6. The van der Waals surface area contributed by atoms with Gasteiger partial charge in [0.05, 0.1) is 6.61 Å². The lowest BCUT2D eigenvalue weighted by atomic mass is 10.1. The van der Waals surface area contributed by atoms with Crippen molar-refractivity contribution >= 4 is 0 Å². The fourth-order valence-electron chi connectivity index (χ4n) is 2.26. The molecule has 1 saturated heterocycles. The van der Waals surface area contributed by atoms with Crippen molar-refractivity contribution in [1.82, 2.24) is 9.13 Å². The van der Waals surface area contributed by atoms with Crippen LogP contribution in [0.2, 0.25) is 0 Å². The van der Waals surface area contributed by atoms with Gasteiger partial charge in [-0.1, -0.05) is 6.92 Å². The van der Waals surface area contributed by atoms with Gasteiger partial charge < -0.3 is 20.1 Å². The molecule has 4 atom stereocenters. The van der Waals surface area contributed by atoms with E-state index in [0.29, 0.717) is 6.42 Å². The molecule has 1 aliphatic heterocycles. The monoisotopic (exact) mass is 286 g/mol. The number of nitrogens with zero attached hydrogens (tertiary/aromatic N) is 2. The summed E-state index contributed by atoms with van der Waals surface area (Å²) in [6, 6.07) is 1.20. The van der Waals surface area contributed by atoms with Crippen LogP contribution in [0.1, 0.15) is 19.6 Å². The van der Waals surface area contributed by atoms with E-state index in [4.69, 9.17) is 9.84 Å². The minimum absolute atomic E-state index is 0.257. The quantitative estimate of drug-likeness (QED) is 0.592. The first-order valence-electron chi connectivity index (χ1n) is 6.45. The summed E-state index contributed by atoms with van der Waals surface area (Å²) in [6.07, 6.45) is -2.90. The predicted octanol–water partition coefficient (Wildman–Crippen LogP) is -1.97. The smallest absolute Gasteiger partial charge is 0.333 e. The van der Waals surface area contributed by atoms with E-state index in [2.05, 4.69) is 0 Å². The summed E-state index contributed by atoms with van der Waals surface area (Å²) in [4.78, 5) is 23.8. The maximum absolute atomic E-state index is 12.2. The Morgan fingerprint density at radius 2 is 2.00 bits per heavy atom. The summed E-state index contributed by atoms with van der Waals surface area (Å²) < 4.78 is 7.37. The van der Waals surface area contributed by atoms with Crippen LogP contribution in [0.25, 0.3) is 0 Å². The molecule has 0 spiro atoms. The molecule has 1 aliphatic rings. The van der Waals surface area contributed by atoms with E-state index >= 15 is 0 Å². The van der Waals surface area contributed by atoms with Gasteiger partial charge in [-0.2, -0.15) is 0 Å². The molecule has 0 bridgehead atoms. The van der Waals surface area contributed by atoms with Gasteiger partial charge >= 0.3 is 5.69 Å². The van der Waals surface area contributed by atoms with Crippen molar-refractivity contribution in [2.75, 3.05) is 6.61 Å². The molecule has 3 N–H and O–H groups in total. The average molecular weight is 286 g/mol. The van der Waals surface area contributed by atoms with Gasteiger partial charge in [-0.3, -0.25) is 13.9 Å². The molecule has 8 heteroatoms. The number of hydrogen-bond donors (Lipinski definition) is 3. The molecular weight excluding hydrogens is 268 g/mol. The molecule has 0 saturated carbocycles. The van der Waals surface area contributed by atoms with Crippen molar-refractivity contribution < 1.29 is 20.1 Å². The molecule has 1 fully saturated rings. The summed E-state index contributed by atoms with van der Waals surface area (Å²) in [5.74, 6) is 0. The van der Waals surface area contributed by atoms with Crippen LogP contribution in [0.15, 0.2) is 21.9 Å². The van der Waals surface area contributed by atoms with Gasteiger partial charge in [-0.05, 0) is 6.42 Å². The Balaban J connectivity index is 2.42. The van der Waals surface area contributed by atoms with Crippen LogP contribution in [0.5, 0.6) is 0 Å². The van der Waals surface area contributed by atoms with Gasteiger partial charge in [0.2, 0.25) is 0 Å². The molecule has 0 radical (unpaired) electrons. The second-order valence-corrected chi connectivity index (χ2v) is 4.72. The number of ether oxygens (including phenoxy) is 1. The van der Waals surface area contributed by atoms with Crippen LogP contribution in [-0.4, -0.2) is 49.4 Å². The summed E-state index contributed by atoms with van der Waals surface area (Å²) in [5, 5.41) is 28.6. The summed E-state index contributed by atoms with van der Waals surface area (Å²) in [5.41, 5.74) is -1.05. The van der Waals surface area contributed by atoms with Crippen molar-refractivity contribution in [2.45, 2.75) is 44.4 Å². The van der Waals surface area contributed by atoms with Gasteiger partial charge in [0.1, 0.15) is 18.3 Å². The Kier molecular flexibility index (Phi) is 4.39. The zero-order valence-corrected chi connectivity index (χ0v) is 11.0. The third-order valence-electron chi connectivity index (χ3n) is 3.33. The van der Waals surface area contributed by atoms with Crippen LogP contribution in [0.4, 0.5) is 0 Å². The Bertz CT molecular complexity index is 580. The molecule has 1 aromatic rings. The van der Waals surface area contributed by atoms with Crippen molar-refractivity contribution in [3.05, 3.63) is 33.1 Å². The number of aromatic nitrogens is 2. The first-order chi connectivity index (χ1) is 9.51. The molecule has 0 aliphatic carbocycles. The van der Waals surface area contributed by atoms with Crippen molar-refractivity contribution in [3.8, 4) is 0 Å². The molecule has 0 aromatic carbocycles. The van der Waals surface area contributed by atoms with Crippen LogP contribution >= 0.6 is 0 Å². The van der Waals surface area contributed by atoms with E-state index < -0.39 is 42.4 Å². The Labute approximate surface area is 114 Å². The molecule has 0 unspecified atom stereocenters. The SMILES string of the molecule is CCCn1c(=O)ccn([C@@H]2O[C@H](CO)[C@@H](O)[C@H]2O)c1=O. The zero-order valence-electron chi connectivity index (χ0n) is 11.0. The fraction of sp³-hybridized carbons (Fsp3) is 0.667. The van der Waals surface area contributed by atoms with Crippen LogP contribution in [-0.2, 0) is 11.3 Å². The Hall–Kier alpha value is -1.48. The first-order valence-corrected chi connectivity index (χ1v) is 6.45. The molecule has 2 heterocycles. The minimum atomic E-state index is -1.35. The topological polar surface area (TPSA) is 114 Å². The molecule has 2 rings (SSSR count). The lowest BCUT2D eigenvalue weighted by molar-refractivity contribution is -0.0556. The molecule has 8 nitrogen and oxygen atoms in total. The standard InChI is InChI=1S/C12H18N2O6/c1-2-4-13-8(16)3-5-14(12(13)19)11-10(18)9(17)7(6-15)20-11/h3,5,7,9-11,15,17-18H,2,4,6H2,1H3/t7-,9-,10-,11-/m1/s1. The van der Waals surface area contributed by atoms with E-state index in [1.807, 2.05) is 6.92 Å². The second kappa shape index (κ2) is 5.88. The average Bonchev–Trinajstić information content (AvgIpc) is 2.71. The highest BCUT2D eigenvalue weighted by atomic mass is 16.6. The zero-order chi connectivity index (χ0) is 14.9. The lowest BCUT2D eigenvalue weighted by Gasteiger charge is -2.18. The fourth-order valence-corrected chi connectivity index (χ4v) is 2.26. The highest BCUT2D eigenvalue weighted by molar-refractivity contribution is 4.94.